The zero-order valence-electron chi connectivity index (χ0n) is 11.9. The van der Waals surface area contributed by atoms with E-state index in [1.165, 1.54) is 0 Å². The molecule has 106 valence electrons. The molecule has 0 radical (unpaired) electrons. The molecule has 0 aromatic heterocycles. The number of hydrogen-bond donors (Lipinski definition) is 2. The SMILES string of the molecule is CC(N)CCCC(C)C(=O)N(C)CC1CC(O)C1. The van der Waals surface area contributed by atoms with Gasteiger partial charge in [-0.2, -0.15) is 0 Å². The Labute approximate surface area is 111 Å². The zero-order valence-corrected chi connectivity index (χ0v) is 11.9. The minimum atomic E-state index is -0.137. The molecular formula is C14H28N2O2. The number of hydrogen-bond acceptors (Lipinski definition) is 3. The molecule has 18 heavy (non-hydrogen) atoms. The van der Waals surface area contributed by atoms with Gasteiger partial charge in [0.15, 0.2) is 0 Å². The van der Waals surface area contributed by atoms with E-state index in [4.69, 9.17) is 5.73 Å². The highest BCUT2D eigenvalue weighted by Crippen LogP contribution is 2.28. The van der Waals surface area contributed by atoms with E-state index in [1.54, 1.807) is 0 Å². The Balaban J connectivity index is 2.20. The van der Waals surface area contributed by atoms with E-state index in [-0.39, 0.29) is 24.0 Å². The van der Waals surface area contributed by atoms with Crippen molar-refractivity contribution in [3.8, 4) is 0 Å². The van der Waals surface area contributed by atoms with Gasteiger partial charge in [0.2, 0.25) is 5.91 Å². The standard InChI is InChI=1S/C14H28N2O2/c1-10(5-4-6-11(2)15)14(18)16(3)9-12-7-13(17)8-12/h10-13,17H,4-9,15H2,1-3H3. The van der Waals surface area contributed by atoms with Crippen LogP contribution in [0.3, 0.4) is 0 Å². The third-order valence-electron chi connectivity index (χ3n) is 3.84. The van der Waals surface area contributed by atoms with Crippen molar-refractivity contribution >= 4 is 5.91 Å². The van der Waals surface area contributed by atoms with Crippen LogP contribution in [0.15, 0.2) is 0 Å². The van der Waals surface area contributed by atoms with Crippen LogP contribution in [0.4, 0.5) is 0 Å². The largest absolute Gasteiger partial charge is 0.393 e. The lowest BCUT2D eigenvalue weighted by Gasteiger charge is -2.35. The summed E-state index contributed by atoms with van der Waals surface area (Å²) in [7, 11) is 1.87. The summed E-state index contributed by atoms with van der Waals surface area (Å²) >= 11 is 0. The lowest BCUT2D eigenvalue weighted by Crippen LogP contribution is -2.41. The average molecular weight is 256 g/mol. The highest BCUT2D eigenvalue weighted by molar-refractivity contribution is 5.78. The first kappa shape index (κ1) is 15.4. The van der Waals surface area contributed by atoms with Gasteiger partial charge in [0.05, 0.1) is 6.10 Å². The van der Waals surface area contributed by atoms with E-state index >= 15 is 0 Å². The molecule has 2 atom stereocenters. The van der Waals surface area contributed by atoms with Crippen molar-refractivity contribution in [1.82, 2.24) is 4.90 Å². The molecule has 0 bridgehead atoms. The monoisotopic (exact) mass is 256 g/mol. The summed E-state index contributed by atoms with van der Waals surface area (Å²) in [5, 5.41) is 9.23. The molecule has 1 amide bonds. The molecule has 0 heterocycles. The number of carbonyl (C=O) groups is 1. The van der Waals surface area contributed by atoms with Gasteiger partial charge in [-0.15, -0.1) is 0 Å². The number of nitrogens with two attached hydrogens (primary N) is 1. The van der Waals surface area contributed by atoms with Gasteiger partial charge in [0, 0.05) is 25.6 Å². The van der Waals surface area contributed by atoms with E-state index in [1.807, 2.05) is 25.8 Å². The number of aliphatic hydroxyl groups is 1. The Bertz CT molecular complexity index is 263. The van der Waals surface area contributed by atoms with Crippen LogP contribution in [0.5, 0.6) is 0 Å². The van der Waals surface area contributed by atoms with Crippen LogP contribution in [0.25, 0.3) is 0 Å². The van der Waals surface area contributed by atoms with E-state index in [0.29, 0.717) is 5.92 Å². The first-order valence-electron chi connectivity index (χ1n) is 7.08. The molecule has 1 aliphatic carbocycles. The number of carbonyl (C=O) groups excluding carboxylic acids is 1. The Hall–Kier alpha value is -0.610. The molecule has 1 aliphatic rings. The van der Waals surface area contributed by atoms with Crippen LogP contribution >= 0.6 is 0 Å². The fraction of sp³-hybridized carbons (Fsp3) is 0.929. The van der Waals surface area contributed by atoms with Crippen molar-refractivity contribution in [2.45, 2.75) is 58.1 Å². The predicted octanol–water partition coefficient (Wildman–Crippen LogP) is 1.37. The molecule has 1 rings (SSSR count). The third-order valence-corrected chi connectivity index (χ3v) is 3.84. The fourth-order valence-electron chi connectivity index (χ4n) is 2.57. The number of amides is 1. The fourth-order valence-corrected chi connectivity index (χ4v) is 2.57. The Kier molecular flexibility index (Phi) is 6.09. The summed E-state index contributed by atoms with van der Waals surface area (Å²) in [6, 6.07) is 0.224. The number of aliphatic hydroxyl groups excluding tert-OH is 1. The van der Waals surface area contributed by atoms with Crippen molar-refractivity contribution in [2.24, 2.45) is 17.6 Å². The number of rotatable bonds is 7. The second kappa shape index (κ2) is 7.10. The summed E-state index contributed by atoms with van der Waals surface area (Å²) in [4.78, 5) is 13.9. The molecule has 0 aliphatic heterocycles. The van der Waals surface area contributed by atoms with E-state index < -0.39 is 0 Å². The van der Waals surface area contributed by atoms with Crippen LogP contribution in [-0.2, 0) is 4.79 Å². The maximum absolute atomic E-state index is 12.1. The highest BCUT2D eigenvalue weighted by atomic mass is 16.3. The Morgan fingerprint density at radius 3 is 2.50 bits per heavy atom. The first-order chi connectivity index (χ1) is 8.40. The lowest BCUT2D eigenvalue weighted by molar-refractivity contribution is -0.135. The molecule has 0 spiro atoms. The van der Waals surface area contributed by atoms with Crippen LogP contribution in [-0.4, -0.2) is 41.7 Å². The average Bonchev–Trinajstić information content (AvgIpc) is 2.25. The van der Waals surface area contributed by atoms with E-state index in [9.17, 15) is 9.90 Å². The molecule has 3 N–H and O–H groups in total. The summed E-state index contributed by atoms with van der Waals surface area (Å²) < 4.78 is 0. The minimum Gasteiger partial charge on any atom is -0.393 e. The molecular weight excluding hydrogens is 228 g/mol. The van der Waals surface area contributed by atoms with Gasteiger partial charge in [-0.3, -0.25) is 4.79 Å². The van der Waals surface area contributed by atoms with Gasteiger partial charge in [0.1, 0.15) is 0 Å². The normalized spacial score (nSPS) is 26.3. The van der Waals surface area contributed by atoms with Crippen molar-refractivity contribution in [2.75, 3.05) is 13.6 Å². The van der Waals surface area contributed by atoms with Crippen molar-refractivity contribution in [3.63, 3.8) is 0 Å². The van der Waals surface area contributed by atoms with Crippen molar-refractivity contribution < 1.29 is 9.90 Å². The van der Waals surface area contributed by atoms with Gasteiger partial charge in [0.25, 0.3) is 0 Å². The van der Waals surface area contributed by atoms with Crippen LogP contribution in [0, 0.1) is 11.8 Å². The Morgan fingerprint density at radius 2 is 2.00 bits per heavy atom. The smallest absolute Gasteiger partial charge is 0.225 e. The molecule has 0 aromatic rings. The summed E-state index contributed by atoms with van der Waals surface area (Å²) in [6.45, 7) is 4.78. The summed E-state index contributed by atoms with van der Waals surface area (Å²) in [5.74, 6) is 0.796. The van der Waals surface area contributed by atoms with Gasteiger partial charge < -0.3 is 15.7 Å². The van der Waals surface area contributed by atoms with Crippen LogP contribution < -0.4 is 5.73 Å². The number of nitrogens with zero attached hydrogens (tertiary/aromatic N) is 1. The predicted molar refractivity (Wildman–Crippen MR) is 73.0 cm³/mol. The quantitative estimate of drug-likeness (QED) is 0.723. The van der Waals surface area contributed by atoms with Gasteiger partial charge >= 0.3 is 0 Å². The summed E-state index contributed by atoms with van der Waals surface area (Å²) in [5.41, 5.74) is 5.70. The first-order valence-corrected chi connectivity index (χ1v) is 7.08. The van der Waals surface area contributed by atoms with Crippen molar-refractivity contribution in [3.05, 3.63) is 0 Å². The minimum absolute atomic E-state index is 0.0822. The second-order valence-corrected chi connectivity index (χ2v) is 6.02. The third kappa shape index (κ3) is 4.94. The summed E-state index contributed by atoms with van der Waals surface area (Å²) in [6.07, 6.45) is 4.46. The van der Waals surface area contributed by atoms with E-state index in [0.717, 1.165) is 38.6 Å². The Morgan fingerprint density at radius 1 is 1.39 bits per heavy atom. The van der Waals surface area contributed by atoms with Crippen molar-refractivity contribution in [1.29, 1.82) is 0 Å². The molecule has 1 fully saturated rings. The van der Waals surface area contributed by atoms with Gasteiger partial charge in [-0.25, -0.2) is 0 Å². The molecule has 0 saturated heterocycles. The topological polar surface area (TPSA) is 66.6 Å². The molecule has 4 heteroatoms. The van der Waals surface area contributed by atoms with Crippen LogP contribution in [0.2, 0.25) is 0 Å². The lowest BCUT2D eigenvalue weighted by atomic mass is 9.82. The maximum atomic E-state index is 12.1. The van der Waals surface area contributed by atoms with E-state index in [2.05, 4.69) is 0 Å². The molecule has 0 aromatic carbocycles. The zero-order chi connectivity index (χ0) is 13.7. The molecule has 2 unspecified atom stereocenters. The van der Waals surface area contributed by atoms with Gasteiger partial charge in [-0.05, 0) is 38.5 Å². The highest BCUT2D eigenvalue weighted by Gasteiger charge is 2.29. The van der Waals surface area contributed by atoms with Crippen LogP contribution in [0.1, 0.15) is 46.0 Å². The maximum Gasteiger partial charge on any atom is 0.225 e. The van der Waals surface area contributed by atoms with Gasteiger partial charge in [-0.1, -0.05) is 13.3 Å². The molecule has 4 nitrogen and oxygen atoms in total. The second-order valence-electron chi connectivity index (χ2n) is 6.02. The molecule has 1 saturated carbocycles.